The van der Waals surface area contributed by atoms with E-state index in [1.807, 2.05) is 19.2 Å². The van der Waals surface area contributed by atoms with Crippen molar-refractivity contribution in [3.05, 3.63) is 30.2 Å². The zero-order chi connectivity index (χ0) is 11.7. The molecule has 0 bridgehead atoms. The molecule has 3 rings (SSSR count). The molecule has 0 aromatic carbocycles. The van der Waals surface area contributed by atoms with Crippen LogP contribution in [-0.4, -0.2) is 26.5 Å². The lowest BCUT2D eigenvalue weighted by Crippen LogP contribution is -2.14. The van der Waals surface area contributed by atoms with Crippen LogP contribution in [0.5, 0.6) is 0 Å². The van der Waals surface area contributed by atoms with Crippen molar-refractivity contribution >= 4 is 0 Å². The minimum Gasteiger partial charge on any atom is -0.337 e. The highest BCUT2D eigenvalue weighted by Crippen LogP contribution is 2.22. The maximum atomic E-state index is 5.30. The van der Waals surface area contributed by atoms with Crippen LogP contribution in [0.15, 0.2) is 23.0 Å². The van der Waals surface area contributed by atoms with Gasteiger partial charge in [0, 0.05) is 12.4 Å². The Balaban J connectivity index is 1.80. The summed E-state index contributed by atoms with van der Waals surface area (Å²) < 4.78 is 7.11. The molecule has 0 radical (unpaired) electrons. The third-order valence-corrected chi connectivity index (χ3v) is 3.11. The third kappa shape index (κ3) is 1.95. The first-order valence-electron chi connectivity index (χ1n) is 5.90. The molecule has 1 aliphatic rings. The van der Waals surface area contributed by atoms with Gasteiger partial charge >= 0.3 is 0 Å². The molecule has 2 atom stereocenters. The van der Waals surface area contributed by atoms with Crippen LogP contribution in [-0.2, 0) is 0 Å². The molecule has 6 nitrogen and oxygen atoms in total. The van der Waals surface area contributed by atoms with Crippen molar-refractivity contribution in [1.29, 1.82) is 0 Å². The second kappa shape index (κ2) is 4.29. The van der Waals surface area contributed by atoms with Gasteiger partial charge in [-0.1, -0.05) is 5.16 Å². The summed E-state index contributed by atoms with van der Waals surface area (Å²) in [4.78, 5) is 4.45. The Morgan fingerprint density at radius 3 is 3.24 bits per heavy atom. The number of nitrogens with zero attached hydrogens (tertiary/aromatic N) is 4. The van der Waals surface area contributed by atoms with Crippen molar-refractivity contribution in [2.24, 2.45) is 0 Å². The van der Waals surface area contributed by atoms with Crippen LogP contribution in [0.3, 0.4) is 0 Å². The number of rotatable bonds is 3. The summed E-state index contributed by atoms with van der Waals surface area (Å²) in [7, 11) is 0. The highest BCUT2D eigenvalue weighted by molar-refractivity contribution is 5.00. The minimum absolute atomic E-state index is 0.0207. The predicted molar refractivity (Wildman–Crippen MR) is 60.3 cm³/mol. The smallest absolute Gasteiger partial charge is 0.251 e. The summed E-state index contributed by atoms with van der Waals surface area (Å²) in [5.74, 6) is 1.37. The monoisotopic (exact) mass is 233 g/mol. The Bertz CT molecular complexity index is 472. The molecule has 0 aliphatic carbocycles. The first kappa shape index (κ1) is 10.5. The maximum absolute atomic E-state index is 5.30. The first-order valence-corrected chi connectivity index (χ1v) is 5.90. The molecule has 0 amide bonds. The minimum atomic E-state index is -0.0207. The molecule has 6 heteroatoms. The fraction of sp³-hybridized carbons (Fsp3) is 0.545. The second-order valence-corrected chi connectivity index (χ2v) is 4.30. The van der Waals surface area contributed by atoms with E-state index in [1.54, 1.807) is 10.9 Å². The highest BCUT2D eigenvalue weighted by Gasteiger charge is 2.23. The van der Waals surface area contributed by atoms with Crippen LogP contribution in [0.2, 0.25) is 0 Å². The van der Waals surface area contributed by atoms with Crippen molar-refractivity contribution in [2.75, 3.05) is 6.54 Å². The van der Waals surface area contributed by atoms with Crippen LogP contribution in [0, 0.1) is 0 Å². The lowest BCUT2D eigenvalue weighted by Gasteiger charge is -2.06. The number of hydrogen-bond acceptors (Lipinski definition) is 5. The molecule has 1 N–H and O–H groups in total. The van der Waals surface area contributed by atoms with E-state index in [0.29, 0.717) is 5.89 Å². The number of nitrogens with one attached hydrogen (secondary N) is 1. The van der Waals surface area contributed by atoms with Gasteiger partial charge in [0.25, 0.3) is 5.89 Å². The average Bonchev–Trinajstić information content (AvgIpc) is 3.09. The van der Waals surface area contributed by atoms with Crippen molar-refractivity contribution in [1.82, 2.24) is 25.2 Å². The van der Waals surface area contributed by atoms with E-state index in [4.69, 9.17) is 4.52 Å². The van der Waals surface area contributed by atoms with Gasteiger partial charge in [-0.05, 0) is 32.4 Å². The Hall–Kier alpha value is -1.69. The normalized spacial score (nSPS) is 21.8. The Kier molecular flexibility index (Phi) is 2.64. The summed E-state index contributed by atoms with van der Waals surface area (Å²) in [6.07, 6.45) is 5.88. The lowest BCUT2D eigenvalue weighted by molar-refractivity contribution is 0.330. The molecular formula is C11H15N5O. The van der Waals surface area contributed by atoms with Gasteiger partial charge in [-0.2, -0.15) is 10.1 Å². The standard InChI is InChI=1S/C11H15N5O/c1-8(16-7-3-6-13-16)11-14-10(15-17-11)9-4-2-5-12-9/h3,6-9,12H,2,4-5H2,1H3. The van der Waals surface area contributed by atoms with Crippen LogP contribution < -0.4 is 5.32 Å². The Morgan fingerprint density at radius 2 is 2.53 bits per heavy atom. The molecule has 1 aliphatic heterocycles. The molecule has 2 unspecified atom stereocenters. The Morgan fingerprint density at radius 1 is 1.59 bits per heavy atom. The maximum Gasteiger partial charge on any atom is 0.251 e. The van der Waals surface area contributed by atoms with E-state index in [1.165, 1.54) is 6.42 Å². The molecule has 90 valence electrons. The quantitative estimate of drug-likeness (QED) is 0.865. The highest BCUT2D eigenvalue weighted by atomic mass is 16.5. The van der Waals surface area contributed by atoms with Gasteiger partial charge in [0.05, 0.1) is 6.04 Å². The Labute approximate surface area is 99.0 Å². The summed E-state index contributed by atoms with van der Waals surface area (Å²) in [5, 5.41) is 11.6. The summed E-state index contributed by atoms with van der Waals surface area (Å²) in [6.45, 7) is 3.02. The molecular weight excluding hydrogens is 218 g/mol. The zero-order valence-electron chi connectivity index (χ0n) is 9.71. The van der Waals surface area contributed by atoms with E-state index < -0.39 is 0 Å². The molecule has 1 fully saturated rings. The summed E-state index contributed by atoms with van der Waals surface area (Å²) >= 11 is 0. The largest absolute Gasteiger partial charge is 0.337 e. The number of aromatic nitrogens is 4. The fourth-order valence-corrected chi connectivity index (χ4v) is 2.09. The topological polar surface area (TPSA) is 68.8 Å². The van der Waals surface area contributed by atoms with E-state index in [9.17, 15) is 0 Å². The van der Waals surface area contributed by atoms with Gasteiger partial charge in [0.15, 0.2) is 5.82 Å². The van der Waals surface area contributed by atoms with E-state index >= 15 is 0 Å². The van der Waals surface area contributed by atoms with Gasteiger partial charge in [-0.15, -0.1) is 0 Å². The molecule has 0 spiro atoms. The number of hydrogen-bond donors (Lipinski definition) is 1. The van der Waals surface area contributed by atoms with Gasteiger partial charge in [-0.25, -0.2) is 0 Å². The van der Waals surface area contributed by atoms with Crippen molar-refractivity contribution in [2.45, 2.75) is 31.8 Å². The average molecular weight is 233 g/mol. The molecule has 1 saturated heterocycles. The summed E-state index contributed by atoms with van der Waals surface area (Å²) in [6, 6.07) is 2.11. The van der Waals surface area contributed by atoms with Crippen molar-refractivity contribution in [3.8, 4) is 0 Å². The van der Waals surface area contributed by atoms with E-state index in [0.717, 1.165) is 18.8 Å². The molecule has 0 saturated carbocycles. The van der Waals surface area contributed by atoms with Crippen LogP contribution >= 0.6 is 0 Å². The van der Waals surface area contributed by atoms with Gasteiger partial charge < -0.3 is 9.84 Å². The van der Waals surface area contributed by atoms with Crippen molar-refractivity contribution in [3.63, 3.8) is 0 Å². The van der Waals surface area contributed by atoms with E-state index in [2.05, 4.69) is 20.6 Å². The van der Waals surface area contributed by atoms with Crippen LogP contribution in [0.1, 0.15) is 43.6 Å². The molecule has 17 heavy (non-hydrogen) atoms. The van der Waals surface area contributed by atoms with Crippen LogP contribution in [0.25, 0.3) is 0 Å². The van der Waals surface area contributed by atoms with Crippen molar-refractivity contribution < 1.29 is 4.52 Å². The molecule has 3 heterocycles. The predicted octanol–water partition coefficient (Wildman–Crippen LogP) is 1.30. The van der Waals surface area contributed by atoms with Gasteiger partial charge in [0.2, 0.25) is 0 Å². The van der Waals surface area contributed by atoms with Gasteiger partial charge in [-0.3, -0.25) is 4.68 Å². The third-order valence-electron chi connectivity index (χ3n) is 3.11. The first-order chi connectivity index (χ1) is 8.34. The van der Waals surface area contributed by atoms with E-state index in [-0.39, 0.29) is 12.1 Å². The second-order valence-electron chi connectivity index (χ2n) is 4.30. The fourth-order valence-electron chi connectivity index (χ4n) is 2.09. The zero-order valence-corrected chi connectivity index (χ0v) is 9.71. The summed E-state index contributed by atoms with van der Waals surface area (Å²) in [5.41, 5.74) is 0. The SMILES string of the molecule is CC(c1nc(C2CCCN2)no1)n1cccn1. The molecule has 2 aromatic heterocycles. The van der Waals surface area contributed by atoms with Gasteiger partial charge in [0.1, 0.15) is 6.04 Å². The lowest BCUT2D eigenvalue weighted by atomic mass is 10.2. The molecule has 2 aromatic rings. The van der Waals surface area contributed by atoms with Crippen LogP contribution in [0.4, 0.5) is 0 Å².